The maximum atomic E-state index is 3.64. The summed E-state index contributed by atoms with van der Waals surface area (Å²) in [6.07, 6.45) is 5.01. The summed E-state index contributed by atoms with van der Waals surface area (Å²) in [5.41, 5.74) is 4.57. The van der Waals surface area contributed by atoms with Crippen LogP contribution >= 0.6 is 11.3 Å². The van der Waals surface area contributed by atoms with Crippen LogP contribution in [0.25, 0.3) is 0 Å². The Kier molecular flexibility index (Phi) is 4.00. The zero-order chi connectivity index (χ0) is 13.1. The first-order valence-corrected chi connectivity index (χ1v) is 8.08. The van der Waals surface area contributed by atoms with Crippen molar-refractivity contribution < 1.29 is 0 Å². The summed E-state index contributed by atoms with van der Waals surface area (Å²) >= 11 is 1.85. The average Bonchev–Trinajstić information content (AvgIpc) is 3.08. The van der Waals surface area contributed by atoms with Gasteiger partial charge >= 0.3 is 0 Å². The highest BCUT2D eigenvalue weighted by Gasteiger charge is 2.13. The van der Waals surface area contributed by atoms with E-state index in [1.165, 1.54) is 29.7 Å². The third-order valence-electron chi connectivity index (χ3n) is 4.02. The minimum Gasteiger partial charge on any atom is -0.310 e. The van der Waals surface area contributed by atoms with E-state index >= 15 is 0 Å². The molecule has 0 amide bonds. The van der Waals surface area contributed by atoms with Crippen molar-refractivity contribution in [2.45, 2.75) is 38.6 Å². The van der Waals surface area contributed by atoms with Crippen molar-refractivity contribution >= 4 is 11.3 Å². The predicted molar refractivity (Wildman–Crippen MR) is 82.9 cm³/mol. The highest BCUT2D eigenvalue weighted by Crippen LogP contribution is 2.25. The average molecular weight is 271 g/mol. The molecule has 1 aromatic heterocycles. The molecule has 2 aromatic rings. The molecule has 1 heterocycles. The molecule has 3 rings (SSSR count). The molecule has 2 heteroatoms. The Bertz CT molecular complexity index is 530. The van der Waals surface area contributed by atoms with Crippen LogP contribution in [-0.2, 0) is 19.3 Å². The van der Waals surface area contributed by atoms with Gasteiger partial charge in [0, 0.05) is 17.5 Å². The molecular formula is C17H21NS. The molecule has 1 nitrogen and oxygen atoms in total. The summed E-state index contributed by atoms with van der Waals surface area (Å²) in [4.78, 5) is 1.47. The fraction of sp³-hybridized carbons (Fsp3) is 0.412. The first-order valence-electron chi connectivity index (χ1n) is 7.20. The van der Waals surface area contributed by atoms with Crippen molar-refractivity contribution in [3.63, 3.8) is 0 Å². The fourth-order valence-electron chi connectivity index (χ4n) is 2.85. The summed E-state index contributed by atoms with van der Waals surface area (Å²) in [6, 6.07) is 11.8. The molecule has 1 aliphatic carbocycles. The second kappa shape index (κ2) is 5.89. The molecule has 1 atom stereocenters. The van der Waals surface area contributed by atoms with E-state index in [9.17, 15) is 0 Å². The van der Waals surface area contributed by atoms with Crippen molar-refractivity contribution in [2.24, 2.45) is 0 Å². The van der Waals surface area contributed by atoms with Gasteiger partial charge in [-0.05, 0) is 60.7 Å². The summed E-state index contributed by atoms with van der Waals surface area (Å²) < 4.78 is 0. The summed E-state index contributed by atoms with van der Waals surface area (Å²) in [5.74, 6) is 0. The number of thiophene rings is 1. The standard InChI is InChI=1S/C17H21NS/c1-13(18-10-9-17-6-3-11-19-17)15-8-7-14-4-2-5-16(14)12-15/h3,6-8,11-13,18H,2,4-5,9-10H2,1H3. The molecule has 0 fully saturated rings. The van der Waals surface area contributed by atoms with E-state index in [0.29, 0.717) is 6.04 Å². The highest BCUT2D eigenvalue weighted by atomic mass is 32.1. The Labute approximate surface area is 119 Å². The summed E-state index contributed by atoms with van der Waals surface area (Å²) in [5, 5.41) is 5.79. The molecule has 0 aliphatic heterocycles. The molecule has 0 radical (unpaired) electrons. The van der Waals surface area contributed by atoms with Crippen LogP contribution in [-0.4, -0.2) is 6.54 Å². The number of nitrogens with one attached hydrogen (secondary N) is 1. The predicted octanol–water partition coefficient (Wildman–Crippen LogP) is 4.13. The van der Waals surface area contributed by atoms with E-state index in [4.69, 9.17) is 0 Å². The lowest BCUT2D eigenvalue weighted by Crippen LogP contribution is -2.21. The molecule has 1 aliphatic rings. The van der Waals surface area contributed by atoms with Crippen LogP contribution in [0, 0.1) is 0 Å². The maximum absolute atomic E-state index is 3.64. The summed E-state index contributed by atoms with van der Waals surface area (Å²) in [6.45, 7) is 3.32. The van der Waals surface area contributed by atoms with Crippen LogP contribution in [0.1, 0.15) is 41.0 Å². The highest BCUT2D eigenvalue weighted by molar-refractivity contribution is 7.09. The van der Waals surface area contributed by atoms with Crippen LogP contribution in [0.2, 0.25) is 0 Å². The first-order chi connectivity index (χ1) is 9.33. The van der Waals surface area contributed by atoms with Gasteiger partial charge in [-0.15, -0.1) is 11.3 Å². The van der Waals surface area contributed by atoms with Gasteiger partial charge in [0.25, 0.3) is 0 Å². The fourth-order valence-corrected chi connectivity index (χ4v) is 3.55. The number of hydrogen-bond acceptors (Lipinski definition) is 2. The molecule has 19 heavy (non-hydrogen) atoms. The first kappa shape index (κ1) is 12.9. The number of aryl methyl sites for hydroxylation is 2. The maximum Gasteiger partial charge on any atom is 0.0292 e. The van der Waals surface area contributed by atoms with Crippen molar-refractivity contribution in [3.05, 3.63) is 57.3 Å². The summed E-state index contributed by atoms with van der Waals surface area (Å²) in [7, 11) is 0. The van der Waals surface area contributed by atoms with Crippen LogP contribution in [0.15, 0.2) is 35.7 Å². The minimum absolute atomic E-state index is 0.450. The molecular weight excluding hydrogens is 250 g/mol. The Morgan fingerprint density at radius 3 is 2.95 bits per heavy atom. The van der Waals surface area contributed by atoms with Gasteiger partial charge in [0.1, 0.15) is 0 Å². The van der Waals surface area contributed by atoms with Gasteiger partial charge < -0.3 is 5.32 Å². The third kappa shape index (κ3) is 3.07. The smallest absolute Gasteiger partial charge is 0.0292 e. The van der Waals surface area contributed by atoms with E-state index in [1.807, 2.05) is 11.3 Å². The van der Waals surface area contributed by atoms with E-state index in [2.05, 4.69) is 48.0 Å². The van der Waals surface area contributed by atoms with Crippen LogP contribution in [0.4, 0.5) is 0 Å². The Morgan fingerprint density at radius 1 is 1.21 bits per heavy atom. The molecule has 1 unspecified atom stereocenters. The van der Waals surface area contributed by atoms with Gasteiger partial charge in [0.05, 0.1) is 0 Å². The van der Waals surface area contributed by atoms with Gasteiger partial charge in [0.15, 0.2) is 0 Å². The van der Waals surface area contributed by atoms with E-state index < -0.39 is 0 Å². The van der Waals surface area contributed by atoms with Crippen molar-refractivity contribution in [3.8, 4) is 0 Å². The van der Waals surface area contributed by atoms with Gasteiger partial charge in [-0.25, -0.2) is 0 Å². The van der Waals surface area contributed by atoms with Crippen LogP contribution in [0.5, 0.6) is 0 Å². The van der Waals surface area contributed by atoms with Crippen molar-refractivity contribution in [1.82, 2.24) is 5.32 Å². The molecule has 0 saturated heterocycles. The third-order valence-corrected chi connectivity index (χ3v) is 4.96. The zero-order valence-corrected chi connectivity index (χ0v) is 12.3. The second-order valence-electron chi connectivity index (χ2n) is 5.39. The number of rotatable bonds is 5. The van der Waals surface area contributed by atoms with E-state index in [0.717, 1.165) is 13.0 Å². The van der Waals surface area contributed by atoms with Gasteiger partial charge in [-0.3, -0.25) is 0 Å². The molecule has 0 bridgehead atoms. The number of fused-ring (bicyclic) bond motifs is 1. The lowest BCUT2D eigenvalue weighted by atomic mass is 10.0. The lowest BCUT2D eigenvalue weighted by molar-refractivity contribution is 0.578. The largest absolute Gasteiger partial charge is 0.310 e. The number of hydrogen-bond donors (Lipinski definition) is 1. The monoisotopic (exact) mass is 271 g/mol. The van der Waals surface area contributed by atoms with Gasteiger partial charge in [-0.1, -0.05) is 24.3 Å². The molecule has 1 N–H and O–H groups in total. The van der Waals surface area contributed by atoms with Crippen molar-refractivity contribution in [1.29, 1.82) is 0 Å². The zero-order valence-electron chi connectivity index (χ0n) is 11.5. The molecule has 1 aromatic carbocycles. The Hall–Kier alpha value is -1.12. The topological polar surface area (TPSA) is 12.0 Å². The Balaban J connectivity index is 1.56. The molecule has 0 saturated carbocycles. The van der Waals surface area contributed by atoms with Gasteiger partial charge in [0.2, 0.25) is 0 Å². The van der Waals surface area contributed by atoms with Gasteiger partial charge in [-0.2, -0.15) is 0 Å². The lowest BCUT2D eigenvalue weighted by Gasteiger charge is -2.15. The Morgan fingerprint density at radius 2 is 2.11 bits per heavy atom. The molecule has 100 valence electrons. The molecule has 0 spiro atoms. The van der Waals surface area contributed by atoms with E-state index in [1.54, 1.807) is 11.1 Å². The minimum atomic E-state index is 0.450. The SMILES string of the molecule is CC(NCCc1cccs1)c1ccc2c(c1)CCC2. The number of benzene rings is 1. The normalized spacial score (nSPS) is 15.4. The second-order valence-corrected chi connectivity index (χ2v) is 6.42. The van der Waals surface area contributed by atoms with Crippen LogP contribution in [0.3, 0.4) is 0 Å². The van der Waals surface area contributed by atoms with E-state index in [-0.39, 0.29) is 0 Å². The quantitative estimate of drug-likeness (QED) is 0.862. The van der Waals surface area contributed by atoms with Crippen molar-refractivity contribution in [2.75, 3.05) is 6.54 Å². The van der Waals surface area contributed by atoms with Crippen LogP contribution < -0.4 is 5.32 Å².